The number of hydrogen-bond acceptors (Lipinski definition) is 11. The maximum absolute atomic E-state index is 13.0. The van der Waals surface area contributed by atoms with E-state index in [1.807, 2.05) is 40.8 Å². The fourth-order valence-electron chi connectivity index (χ4n) is 5.98. The van der Waals surface area contributed by atoms with Gasteiger partial charge in [0, 0.05) is 48.6 Å². The van der Waals surface area contributed by atoms with Gasteiger partial charge in [-0.05, 0) is 60.4 Å². The second-order valence-corrected chi connectivity index (χ2v) is 14.7. The number of amides is 2. The number of ether oxygens (including phenoxy) is 1. The number of esters is 1. The highest BCUT2D eigenvalue weighted by Gasteiger charge is 2.30. The molecule has 5 N–H and O–H groups in total. The lowest BCUT2D eigenvalue weighted by molar-refractivity contribution is -0.140. The van der Waals surface area contributed by atoms with Gasteiger partial charge in [0.05, 0.1) is 24.6 Å². The zero-order valence-electron chi connectivity index (χ0n) is 31.2. The standard InChI is InChI=1S/C40H44N6O8S/c1-25-19-26(2)37(32(20-25)41-6)40(4,5)22-36(48)54-27(3)38(49)29-13-11-28(12-14-29)21-35(47)42-17-18-43-39(50)31-15-16-34(44-23-31)46-45-24-30-9-7-8-10-33(30)55(51,52)53/h7-16,19-20,23-24,41H,3,17-18,21-22H2,1-2,4-6H3,(H,42,47)(H,43,50)(H,44,46)(H,51,52,53)/b45-24+. The van der Waals surface area contributed by atoms with Crippen molar-refractivity contribution >= 4 is 51.4 Å². The summed E-state index contributed by atoms with van der Waals surface area (Å²) in [6.07, 6.45) is 2.59. The third-order valence-electron chi connectivity index (χ3n) is 8.42. The van der Waals surface area contributed by atoms with Gasteiger partial charge in [-0.25, -0.2) is 4.98 Å². The molecule has 0 unspecified atom stereocenters. The molecule has 0 aliphatic carbocycles. The molecule has 2 amide bonds. The van der Waals surface area contributed by atoms with Crippen molar-refractivity contribution in [3.63, 3.8) is 0 Å². The first-order valence-corrected chi connectivity index (χ1v) is 18.6. The molecule has 0 saturated carbocycles. The molecule has 0 bridgehead atoms. The third kappa shape index (κ3) is 11.6. The Morgan fingerprint density at radius 3 is 2.27 bits per heavy atom. The number of allylic oxidation sites excluding steroid dienone is 1. The predicted octanol–water partition coefficient (Wildman–Crippen LogP) is 5.13. The number of hydrazone groups is 1. The summed E-state index contributed by atoms with van der Waals surface area (Å²) in [7, 11) is -2.59. The van der Waals surface area contributed by atoms with Crippen LogP contribution in [0, 0.1) is 13.8 Å². The molecule has 0 aliphatic rings. The predicted molar refractivity (Wildman–Crippen MR) is 210 cm³/mol. The first kappa shape index (κ1) is 41.6. The first-order valence-electron chi connectivity index (χ1n) is 17.2. The Balaban J connectivity index is 1.18. The number of pyridine rings is 1. The van der Waals surface area contributed by atoms with Crippen molar-refractivity contribution in [1.29, 1.82) is 0 Å². The van der Waals surface area contributed by atoms with E-state index in [1.165, 1.54) is 54.9 Å². The van der Waals surface area contributed by atoms with Gasteiger partial charge < -0.3 is 20.7 Å². The van der Waals surface area contributed by atoms with Gasteiger partial charge in [0.2, 0.25) is 11.7 Å². The molecule has 1 aromatic heterocycles. The van der Waals surface area contributed by atoms with Crippen molar-refractivity contribution in [2.45, 2.75) is 50.8 Å². The lowest BCUT2D eigenvalue weighted by Crippen LogP contribution is -2.35. The monoisotopic (exact) mass is 768 g/mol. The van der Waals surface area contributed by atoms with E-state index in [9.17, 15) is 32.1 Å². The second kappa shape index (κ2) is 18.2. The third-order valence-corrected chi connectivity index (χ3v) is 9.35. The number of benzene rings is 3. The number of hydrogen-bond donors (Lipinski definition) is 5. The van der Waals surface area contributed by atoms with E-state index in [2.05, 4.69) is 44.1 Å². The fourth-order valence-corrected chi connectivity index (χ4v) is 6.65. The van der Waals surface area contributed by atoms with Gasteiger partial charge in [0.25, 0.3) is 16.0 Å². The van der Waals surface area contributed by atoms with E-state index < -0.39 is 33.2 Å². The number of nitrogens with zero attached hydrogens (tertiary/aromatic N) is 2. The number of rotatable bonds is 17. The van der Waals surface area contributed by atoms with Crippen molar-refractivity contribution in [2.75, 3.05) is 30.9 Å². The Kier molecular flexibility index (Phi) is 13.8. The quantitative estimate of drug-likeness (QED) is 0.0139. The van der Waals surface area contributed by atoms with Crippen molar-refractivity contribution in [2.24, 2.45) is 5.10 Å². The highest BCUT2D eigenvalue weighted by Crippen LogP contribution is 2.36. The van der Waals surface area contributed by atoms with Crippen LogP contribution in [-0.4, -0.2) is 67.9 Å². The summed E-state index contributed by atoms with van der Waals surface area (Å²) >= 11 is 0. The summed E-state index contributed by atoms with van der Waals surface area (Å²) in [5.74, 6) is -1.85. The van der Waals surface area contributed by atoms with Gasteiger partial charge >= 0.3 is 5.97 Å². The van der Waals surface area contributed by atoms with Crippen LogP contribution in [-0.2, 0) is 36.3 Å². The topological polar surface area (TPSA) is 205 Å². The van der Waals surface area contributed by atoms with Gasteiger partial charge in [-0.1, -0.05) is 69.0 Å². The lowest BCUT2D eigenvalue weighted by atomic mass is 9.78. The summed E-state index contributed by atoms with van der Waals surface area (Å²) in [4.78, 5) is 54.7. The number of aromatic nitrogens is 1. The van der Waals surface area contributed by atoms with Crippen LogP contribution < -0.4 is 21.4 Å². The Morgan fingerprint density at radius 1 is 0.945 bits per heavy atom. The molecule has 15 heteroatoms. The molecule has 4 rings (SSSR count). The van der Waals surface area contributed by atoms with Crippen LogP contribution in [0.2, 0.25) is 0 Å². The van der Waals surface area contributed by atoms with E-state index in [4.69, 9.17) is 4.74 Å². The van der Waals surface area contributed by atoms with Gasteiger partial charge in [0.1, 0.15) is 10.7 Å². The summed E-state index contributed by atoms with van der Waals surface area (Å²) in [5, 5.41) is 12.5. The molecular formula is C40H44N6O8S. The smallest absolute Gasteiger partial charge is 0.312 e. The van der Waals surface area contributed by atoms with Crippen LogP contribution in [0.1, 0.15) is 68.8 Å². The molecule has 3 aromatic carbocycles. The van der Waals surface area contributed by atoms with Crippen LogP contribution in [0.4, 0.5) is 11.5 Å². The van der Waals surface area contributed by atoms with Crippen LogP contribution in [0.5, 0.6) is 0 Å². The number of anilines is 2. The minimum atomic E-state index is -4.42. The van der Waals surface area contributed by atoms with E-state index in [0.29, 0.717) is 5.56 Å². The van der Waals surface area contributed by atoms with Crippen LogP contribution in [0.25, 0.3) is 0 Å². The van der Waals surface area contributed by atoms with Gasteiger partial charge in [-0.3, -0.25) is 29.2 Å². The molecule has 1 heterocycles. The molecule has 55 heavy (non-hydrogen) atoms. The van der Waals surface area contributed by atoms with E-state index in [0.717, 1.165) is 22.4 Å². The van der Waals surface area contributed by atoms with E-state index in [-0.39, 0.29) is 65.0 Å². The number of Topliss-reactive ketones (excluding diaryl/α,β-unsaturated/α-hetero) is 1. The molecule has 0 saturated heterocycles. The molecule has 14 nitrogen and oxygen atoms in total. The molecule has 0 atom stereocenters. The van der Waals surface area contributed by atoms with E-state index in [1.54, 1.807) is 18.2 Å². The molecule has 288 valence electrons. The minimum Gasteiger partial charge on any atom is -0.423 e. The van der Waals surface area contributed by atoms with E-state index >= 15 is 0 Å². The number of carbonyl (C=O) groups excluding carboxylic acids is 4. The number of aryl methyl sites for hydroxylation is 2. The maximum atomic E-state index is 13.0. The van der Waals surface area contributed by atoms with Crippen LogP contribution in [0.3, 0.4) is 0 Å². The Bertz CT molecular complexity index is 2220. The highest BCUT2D eigenvalue weighted by molar-refractivity contribution is 7.86. The largest absolute Gasteiger partial charge is 0.423 e. The maximum Gasteiger partial charge on any atom is 0.312 e. The summed E-state index contributed by atoms with van der Waals surface area (Å²) < 4.78 is 37.7. The van der Waals surface area contributed by atoms with Crippen LogP contribution in [0.15, 0.2) is 101 Å². The van der Waals surface area contributed by atoms with Gasteiger partial charge in [0.15, 0.2) is 5.76 Å². The zero-order chi connectivity index (χ0) is 40.3. The second-order valence-electron chi connectivity index (χ2n) is 13.3. The first-order chi connectivity index (χ1) is 26.0. The van der Waals surface area contributed by atoms with Crippen molar-refractivity contribution < 1.29 is 36.9 Å². The Labute approximate surface area is 320 Å². The van der Waals surface area contributed by atoms with Gasteiger partial charge in [-0.15, -0.1) is 0 Å². The average molecular weight is 769 g/mol. The number of nitrogens with one attached hydrogen (secondary N) is 4. The summed E-state index contributed by atoms with van der Waals surface area (Å²) in [6.45, 7) is 11.9. The molecule has 4 aromatic rings. The highest BCUT2D eigenvalue weighted by atomic mass is 32.2. The normalized spacial score (nSPS) is 11.5. The van der Waals surface area contributed by atoms with Crippen molar-refractivity contribution in [1.82, 2.24) is 15.6 Å². The SMILES string of the molecule is C=C(OC(=O)CC(C)(C)c1c(C)cc(C)cc1NC)C(=O)c1ccc(CC(=O)NCCNC(=O)c2ccc(N/N=C/c3ccccc3S(=O)(=O)O)nc2)cc1. The summed E-state index contributed by atoms with van der Waals surface area (Å²) in [5.41, 5.74) is 7.42. The Hall–Kier alpha value is -6.19. The number of carbonyl (C=O) groups is 4. The van der Waals surface area contributed by atoms with Crippen LogP contribution >= 0.6 is 0 Å². The molecule has 0 aliphatic heterocycles. The lowest BCUT2D eigenvalue weighted by Gasteiger charge is -2.29. The number of ketones is 1. The summed E-state index contributed by atoms with van der Waals surface area (Å²) in [6, 6.07) is 19.2. The molecule has 0 radical (unpaired) electrons. The fraction of sp³-hybridized carbons (Fsp3) is 0.250. The van der Waals surface area contributed by atoms with Crippen molar-refractivity contribution in [3.05, 3.63) is 130 Å². The van der Waals surface area contributed by atoms with Gasteiger partial charge in [-0.2, -0.15) is 13.5 Å². The molecular weight excluding hydrogens is 725 g/mol. The molecule has 0 fully saturated rings. The van der Waals surface area contributed by atoms with Crippen molar-refractivity contribution in [3.8, 4) is 0 Å². The Morgan fingerprint density at radius 2 is 1.62 bits per heavy atom. The molecule has 0 spiro atoms. The zero-order valence-corrected chi connectivity index (χ0v) is 32.0. The minimum absolute atomic E-state index is 0.0252. The average Bonchev–Trinajstić information content (AvgIpc) is 3.12.